The van der Waals surface area contributed by atoms with Crippen molar-refractivity contribution in [2.75, 3.05) is 30.8 Å². The third kappa shape index (κ3) is 6.20. The largest absolute Gasteiger partial charge is 0.366 e. The lowest BCUT2D eigenvalue weighted by Crippen LogP contribution is -2.48. The number of rotatable bonds is 8. The molecule has 36 heavy (non-hydrogen) atoms. The SMILES string of the molecule is C=CC(=O)NC1CCC[C@@H](Nc2cnc(C(N)=O)c(Nc3ccc(C4CCN(C)CC4)cc3)n2)[C@H]1C. The van der Waals surface area contributed by atoms with Crippen LogP contribution in [0.25, 0.3) is 0 Å². The van der Waals surface area contributed by atoms with Crippen LogP contribution in [0.5, 0.6) is 0 Å². The second-order valence-electron chi connectivity index (χ2n) is 10.0. The van der Waals surface area contributed by atoms with Gasteiger partial charge in [0.25, 0.3) is 5.91 Å². The zero-order chi connectivity index (χ0) is 25.7. The zero-order valence-corrected chi connectivity index (χ0v) is 21.2. The van der Waals surface area contributed by atoms with E-state index in [1.54, 1.807) is 0 Å². The Kier molecular flexibility index (Phi) is 8.20. The predicted octanol–water partition coefficient (Wildman–Crippen LogP) is 3.40. The molecule has 0 bridgehead atoms. The molecule has 1 aromatic carbocycles. The van der Waals surface area contributed by atoms with Crippen molar-refractivity contribution in [2.45, 2.75) is 57.0 Å². The minimum Gasteiger partial charge on any atom is -0.366 e. The minimum absolute atomic E-state index is 0.0558. The summed E-state index contributed by atoms with van der Waals surface area (Å²) in [6, 6.07) is 8.45. The summed E-state index contributed by atoms with van der Waals surface area (Å²) in [5, 5.41) is 9.71. The summed E-state index contributed by atoms with van der Waals surface area (Å²) < 4.78 is 0. The Hall–Kier alpha value is -3.46. The van der Waals surface area contributed by atoms with Crippen LogP contribution in [0.15, 0.2) is 43.1 Å². The summed E-state index contributed by atoms with van der Waals surface area (Å²) in [6.07, 6.45) is 8.00. The molecule has 0 radical (unpaired) electrons. The van der Waals surface area contributed by atoms with Crippen molar-refractivity contribution in [1.82, 2.24) is 20.2 Å². The standard InChI is InChI=1S/C27H37N7O2/c1-4-24(35)32-22-7-5-6-21(17(22)2)31-23-16-29-25(26(28)36)27(33-23)30-20-10-8-18(9-11-20)19-12-14-34(3)15-13-19/h4,8-11,16-17,19,21-22H,1,5-7,12-15H2,2-3H3,(H2,28,36)(H,32,35)(H2,30,31,33)/t17-,21-,22?/m1/s1. The van der Waals surface area contributed by atoms with E-state index in [1.807, 2.05) is 12.1 Å². The molecule has 2 heterocycles. The molecule has 9 nitrogen and oxygen atoms in total. The number of carbonyl (C=O) groups is 2. The number of hydrogen-bond acceptors (Lipinski definition) is 7. The van der Waals surface area contributed by atoms with Gasteiger partial charge in [-0.15, -0.1) is 0 Å². The van der Waals surface area contributed by atoms with Crippen molar-refractivity contribution in [3.63, 3.8) is 0 Å². The summed E-state index contributed by atoms with van der Waals surface area (Å²) in [5.74, 6) is 0.826. The second-order valence-corrected chi connectivity index (χ2v) is 10.0. The predicted molar refractivity (Wildman–Crippen MR) is 142 cm³/mol. The lowest BCUT2D eigenvalue weighted by molar-refractivity contribution is -0.117. The van der Waals surface area contributed by atoms with Crippen molar-refractivity contribution < 1.29 is 9.59 Å². The van der Waals surface area contributed by atoms with Crippen LogP contribution in [0.3, 0.4) is 0 Å². The van der Waals surface area contributed by atoms with Crippen molar-refractivity contribution in [2.24, 2.45) is 11.7 Å². The summed E-state index contributed by atoms with van der Waals surface area (Å²) in [7, 11) is 2.16. The molecule has 4 rings (SSSR count). The number of aromatic nitrogens is 2. The van der Waals surface area contributed by atoms with Gasteiger partial charge in [-0.3, -0.25) is 9.59 Å². The van der Waals surface area contributed by atoms with Gasteiger partial charge in [0.2, 0.25) is 5.91 Å². The number of benzene rings is 1. The van der Waals surface area contributed by atoms with E-state index in [1.165, 1.54) is 17.8 Å². The Labute approximate surface area is 213 Å². The molecule has 1 unspecified atom stereocenters. The number of nitrogens with zero attached hydrogens (tertiary/aromatic N) is 3. The summed E-state index contributed by atoms with van der Waals surface area (Å²) in [6.45, 7) is 7.88. The van der Waals surface area contributed by atoms with Gasteiger partial charge in [-0.2, -0.15) is 0 Å². The first-order valence-corrected chi connectivity index (χ1v) is 12.8. The highest BCUT2D eigenvalue weighted by molar-refractivity contribution is 5.96. The fourth-order valence-electron chi connectivity index (χ4n) is 5.25. The number of nitrogens with one attached hydrogen (secondary N) is 3. The second kappa shape index (κ2) is 11.5. The van der Waals surface area contributed by atoms with Crippen molar-refractivity contribution >= 4 is 29.1 Å². The number of hydrogen-bond donors (Lipinski definition) is 4. The minimum atomic E-state index is -0.641. The van der Waals surface area contributed by atoms with E-state index in [2.05, 4.69) is 63.5 Å². The van der Waals surface area contributed by atoms with Gasteiger partial charge in [-0.1, -0.05) is 25.6 Å². The molecule has 2 amide bonds. The maximum absolute atomic E-state index is 12.0. The van der Waals surface area contributed by atoms with Gasteiger partial charge in [0, 0.05) is 17.8 Å². The molecular formula is C27H37N7O2. The molecule has 1 saturated carbocycles. The van der Waals surface area contributed by atoms with Crippen LogP contribution in [-0.4, -0.2) is 58.9 Å². The van der Waals surface area contributed by atoms with E-state index in [0.29, 0.717) is 17.6 Å². The van der Waals surface area contributed by atoms with Crippen LogP contribution in [-0.2, 0) is 4.79 Å². The van der Waals surface area contributed by atoms with Crippen molar-refractivity contribution in [3.05, 3.63) is 54.4 Å². The first kappa shape index (κ1) is 25.6. The van der Waals surface area contributed by atoms with Crippen LogP contribution >= 0.6 is 0 Å². The van der Waals surface area contributed by atoms with Crippen LogP contribution in [0.1, 0.15) is 61.0 Å². The van der Waals surface area contributed by atoms with E-state index >= 15 is 0 Å². The Morgan fingerprint density at radius 1 is 1.11 bits per heavy atom. The number of likely N-dealkylation sites (tertiary alicyclic amines) is 1. The maximum Gasteiger partial charge on any atom is 0.271 e. The molecule has 1 aliphatic carbocycles. The van der Waals surface area contributed by atoms with E-state index in [9.17, 15) is 9.59 Å². The fourth-order valence-corrected chi connectivity index (χ4v) is 5.25. The third-order valence-corrected chi connectivity index (χ3v) is 7.52. The topological polar surface area (TPSA) is 125 Å². The molecule has 1 aromatic heterocycles. The van der Waals surface area contributed by atoms with Gasteiger partial charge in [0.05, 0.1) is 6.20 Å². The van der Waals surface area contributed by atoms with E-state index in [0.717, 1.165) is 50.9 Å². The van der Waals surface area contributed by atoms with Crippen LogP contribution < -0.4 is 21.7 Å². The average molecular weight is 492 g/mol. The number of carbonyl (C=O) groups excluding carboxylic acids is 2. The number of piperidine rings is 1. The third-order valence-electron chi connectivity index (χ3n) is 7.52. The lowest BCUT2D eigenvalue weighted by Gasteiger charge is -2.37. The highest BCUT2D eigenvalue weighted by atomic mass is 16.2. The molecule has 1 saturated heterocycles. The first-order valence-electron chi connectivity index (χ1n) is 12.8. The van der Waals surface area contributed by atoms with Gasteiger partial charge < -0.3 is 26.6 Å². The molecule has 9 heteroatoms. The molecule has 3 atom stereocenters. The Balaban J connectivity index is 1.47. The van der Waals surface area contributed by atoms with Crippen LogP contribution in [0.4, 0.5) is 17.3 Å². The highest BCUT2D eigenvalue weighted by Gasteiger charge is 2.31. The summed E-state index contributed by atoms with van der Waals surface area (Å²) in [5.41, 5.74) is 7.82. The fraction of sp³-hybridized carbons (Fsp3) is 0.481. The van der Waals surface area contributed by atoms with Crippen LogP contribution in [0, 0.1) is 5.92 Å². The van der Waals surface area contributed by atoms with Crippen molar-refractivity contribution in [3.8, 4) is 0 Å². The molecule has 2 aliphatic rings. The average Bonchev–Trinajstić information content (AvgIpc) is 2.87. The molecule has 5 N–H and O–H groups in total. The first-order chi connectivity index (χ1) is 17.3. The maximum atomic E-state index is 12.0. The molecule has 0 spiro atoms. The number of nitrogens with two attached hydrogens (primary N) is 1. The highest BCUT2D eigenvalue weighted by Crippen LogP contribution is 2.30. The monoisotopic (exact) mass is 491 g/mol. The van der Waals surface area contributed by atoms with Gasteiger partial charge in [0.1, 0.15) is 5.82 Å². The van der Waals surface area contributed by atoms with E-state index < -0.39 is 5.91 Å². The van der Waals surface area contributed by atoms with Gasteiger partial charge >= 0.3 is 0 Å². The van der Waals surface area contributed by atoms with E-state index in [-0.39, 0.29) is 29.6 Å². The Bertz CT molecular complexity index is 1080. The molecular weight excluding hydrogens is 454 g/mol. The number of primary amides is 1. The lowest BCUT2D eigenvalue weighted by atomic mass is 9.81. The quantitative estimate of drug-likeness (QED) is 0.417. The Morgan fingerprint density at radius 3 is 2.47 bits per heavy atom. The normalized spacial score (nSPS) is 23.0. The zero-order valence-electron chi connectivity index (χ0n) is 21.2. The number of anilines is 3. The van der Waals surface area contributed by atoms with Crippen LogP contribution in [0.2, 0.25) is 0 Å². The number of amides is 2. The molecule has 192 valence electrons. The summed E-state index contributed by atoms with van der Waals surface area (Å²) >= 11 is 0. The van der Waals surface area contributed by atoms with Gasteiger partial charge in [-0.05, 0) is 87.8 Å². The molecule has 2 fully saturated rings. The Morgan fingerprint density at radius 2 is 1.81 bits per heavy atom. The molecule has 2 aromatic rings. The van der Waals surface area contributed by atoms with Gasteiger partial charge in [0.15, 0.2) is 11.5 Å². The molecule has 1 aliphatic heterocycles. The van der Waals surface area contributed by atoms with Gasteiger partial charge in [-0.25, -0.2) is 9.97 Å². The van der Waals surface area contributed by atoms with E-state index in [4.69, 9.17) is 5.73 Å². The van der Waals surface area contributed by atoms with Crippen molar-refractivity contribution in [1.29, 1.82) is 0 Å². The summed E-state index contributed by atoms with van der Waals surface area (Å²) in [4.78, 5) is 35.1. The smallest absolute Gasteiger partial charge is 0.271 e.